The number of H-pyrrole nitrogens is 1. The van der Waals surface area contributed by atoms with Gasteiger partial charge in [-0.25, -0.2) is 4.39 Å². The van der Waals surface area contributed by atoms with E-state index in [1.807, 2.05) is 25.1 Å². The average molecular weight is 247 g/mol. The zero-order valence-corrected chi connectivity index (χ0v) is 10.9. The van der Waals surface area contributed by atoms with Crippen molar-refractivity contribution in [1.82, 2.24) is 15.5 Å². The van der Waals surface area contributed by atoms with Crippen molar-refractivity contribution in [2.24, 2.45) is 0 Å². The highest BCUT2D eigenvalue weighted by Gasteiger charge is 2.12. The third-order valence-corrected chi connectivity index (χ3v) is 3.18. The minimum Gasteiger partial charge on any atom is -0.302 e. The maximum Gasteiger partial charge on any atom is 0.126 e. The summed E-state index contributed by atoms with van der Waals surface area (Å²) in [4.78, 5) is 0. The molecular formula is C14H18FN3. The fourth-order valence-corrected chi connectivity index (χ4v) is 1.95. The number of halogens is 1. The second-order valence-electron chi connectivity index (χ2n) is 4.63. The van der Waals surface area contributed by atoms with Crippen molar-refractivity contribution in [2.75, 3.05) is 0 Å². The maximum atomic E-state index is 13.5. The van der Waals surface area contributed by atoms with Gasteiger partial charge >= 0.3 is 0 Å². The molecule has 0 saturated carbocycles. The van der Waals surface area contributed by atoms with Gasteiger partial charge in [-0.15, -0.1) is 0 Å². The van der Waals surface area contributed by atoms with Crippen molar-refractivity contribution >= 4 is 0 Å². The van der Waals surface area contributed by atoms with Gasteiger partial charge in [0.2, 0.25) is 0 Å². The lowest BCUT2D eigenvalue weighted by atomic mass is 10.0. The summed E-state index contributed by atoms with van der Waals surface area (Å²) in [6.07, 6.45) is 1.73. The van der Waals surface area contributed by atoms with Crippen LogP contribution in [0.5, 0.6) is 0 Å². The molecular weight excluding hydrogens is 229 g/mol. The van der Waals surface area contributed by atoms with Crippen molar-refractivity contribution in [3.63, 3.8) is 0 Å². The number of aromatic nitrogens is 2. The molecule has 1 aromatic heterocycles. The number of nitrogens with zero attached hydrogens (tertiary/aromatic N) is 1. The molecule has 18 heavy (non-hydrogen) atoms. The van der Waals surface area contributed by atoms with E-state index in [2.05, 4.69) is 22.4 Å². The van der Waals surface area contributed by atoms with E-state index < -0.39 is 0 Å². The molecule has 2 atom stereocenters. The lowest BCUT2D eigenvalue weighted by molar-refractivity contribution is 0.483. The molecule has 0 fully saturated rings. The minimum absolute atomic E-state index is 0.0819. The molecule has 1 aromatic carbocycles. The van der Waals surface area contributed by atoms with Gasteiger partial charge < -0.3 is 5.32 Å². The number of hydrogen-bond acceptors (Lipinski definition) is 2. The highest BCUT2D eigenvalue weighted by Crippen LogP contribution is 2.19. The Kier molecular flexibility index (Phi) is 3.77. The van der Waals surface area contributed by atoms with Crippen LogP contribution in [-0.2, 0) is 0 Å². The van der Waals surface area contributed by atoms with Crippen LogP contribution in [0, 0.1) is 12.7 Å². The van der Waals surface area contributed by atoms with Crippen molar-refractivity contribution in [3.05, 3.63) is 53.1 Å². The monoisotopic (exact) mass is 247 g/mol. The molecule has 0 aliphatic heterocycles. The quantitative estimate of drug-likeness (QED) is 0.870. The summed E-state index contributed by atoms with van der Waals surface area (Å²) >= 11 is 0. The highest BCUT2D eigenvalue weighted by atomic mass is 19.1. The Bertz CT molecular complexity index is 508. The van der Waals surface area contributed by atoms with Gasteiger partial charge in [0, 0.05) is 18.3 Å². The molecule has 2 aromatic rings. The van der Waals surface area contributed by atoms with Gasteiger partial charge in [0.15, 0.2) is 0 Å². The van der Waals surface area contributed by atoms with Gasteiger partial charge in [0.05, 0.1) is 5.69 Å². The fraction of sp³-hybridized carbons (Fsp3) is 0.357. The second kappa shape index (κ2) is 5.31. The number of rotatable bonds is 4. The van der Waals surface area contributed by atoms with Crippen molar-refractivity contribution < 1.29 is 4.39 Å². The van der Waals surface area contributed by atoms with E-state index >= 15 is 0 Å². The van der Waals surface area contributed by atoms with Gasteiger partial charge in [0.25, 0.3) is 0 Å². The number of nitrogens with one attached hydrogen (secondary N) is 2. The van der Waals surface area contributed by atoms with Crippen LogP contribution in [0.1, 0.15) is 42.8 Å². The zero-order chi connectivity index (χ0) is 13.1. The van der Waals surface area contributed by atoms with Gasteiger partial charge in [-0.1, -0.05) is 12.1 Å². The normalized spacial score (nSPS) is 14.4. The summed E-state index contributed by atoms with van der Waals surface area (Å²) in [5, 5.41) is 10.3. The SMILES string of the molecule is Cc1ccc(C(C)NC(C)c2ccn[nH]2)cc1F. The van der Waals surface area contributed by atoms with Gasteiger partial charge in [0.1, 0.15) is 5.82 Å². The first-order valence-corrected chi connectivity index (χ1v) is 6.09. The molecule has 3 nitrogen and oxygen atoms in total. The maximum absolute atomic E-state index is 13.5. The van der Waals surface area contributed by atoms with E-state index in [4.69, 9.17) is 0 Å². The molecule has 0 radical (unpaired) electrons. The molecule has 0 aliphatic carbocycles. The number of hydrogen-bond donors (Lipinski definition) is 2. The molecule has 0 bridgehead atoms. The largest absolute Gasteiger partial charge is 0.302 e. The Balaban J connectivity index is 2.07. The van der Waals surface area contributed by atoms with E-state index in [0.717, 1.165) is 11.3 Å². The smallest absolute Gasteiger partial charge is 0.126 e. The first-order chi connectivity index (χ1) is 8.58. The fourth-order valence-electron chi connectivity index (χ4n) is 1.95. The Morgan fingerprint density at radius 2 is 2.00 bits per heavy atom. The van der Waals surface area contributed by atoms with E-state index in [9.17, 15) is 4.39 Å². The van der Waals surface area contributed by atoms with Crippen LogP contribution in [0.2, 0.25) is 0 Å². The molecule has 0 aliphatic rings. The van der Waals surface area contributed by atoms with Crippen molar-refractivity contribution in [3.8, 4) is 0 Å². The summed E-state index contributed by atoms with van der Waals surface area (Å²) in [5.74, 6) is -0.157. The van der Waals surface area contributed by atoms with Crippen molar-refractivity contribution in [1.29, 1.82) is 0 Å². The first kappa shape index (κ1) is 12.8. The molecule has 4 heteroatoms. The van der Waals surface area contributed by atoms with E-state index in [1.165, 1.54) is 0 Å². The van der Waals surface area contributed by atoms with Gasteiger partial charge in [-0.05, 0) is 44.0 Å². The summed E-state index contributed by atoms with van der Waals surface area (Å²) in [5.41, 5.74) is 2.64. The topological polar surface area (TPSA) is 40.7 Å². The van der Waals surface area contributed by atoms with Crippen LogP contribution in [0.3, 0.4) is 0 Å². The minimum atomic E-state index is -0.157. The van der Waals surface area contributed by atoms with Crippen LogP contribution in [0.15, 0.2) is 30.5 Å². The third-order valence-electron chi connectivity index (χ3n) is 3.18. The Morgan fingerprint density at radius 3 is 2.61 bits per heavy atom. The zero-order valence-electron chi connectivity index (χ0n) is 10.9. The third kappa shape index (κ3) is 2.76. The van der Waals surface area contributed by atoms with Crippen LogP contribution in [0.4, 0.5) is 4.39 Å². The predicted molar refractivity (Wildman–Crippen MR) is 69.7 cm³/mol. The van der Waals surface area contributed by atoms with Crippen LogP contribution in [-0.4, -0.2) is 10.2 Å². The average Bonchev–Trinajstić information content (AvgIpc) is 2.86. The van der Waals surface area contributed by atoms with Gasteiger partial charge in [-0.2, -0.15) is 5.10 Å². The molecule has 1 heterocycles. The van der Waals surface area contributed by atoms with Crippen LogP contribution >= 0.6 is 0 Å². The highest BCUT2D eigenvalue weighted by molar-refractivity contribution is 5.25. The van der Waals surface area contributed by atoms with Crippen LogP contribution < -0.4 is 5.32 Å². The number of benzene rings is 1. The summed E-state index contributed by atoms with van der Waals surface area (Å²) in [6, 6.07) is 7.51. The Hall–Kier alpha value is -1.68. The number of aryl methyl sites for hydroxylation is 1. The summed E-state index contributed by atoms with van der Waals surface area (Å²) < 4.78 is 13.5. The Labute approximate surface area is 106 Å². The molecule has 2 N–H and O–H groups in total. The molecule has 2 rings (SSSR count). The summed E-state index contributed by atoms with van der Waals surface area (Å²) in [7, 11) is 0. The second-order valence-corrected chi connectivity index (χ2v) is 4.63. The van der Waals surface area contributed by atoms with E-state index in [1.54, 1.807) is 19.2 Å². The molecule has 96 valence electrons. The lowest BCUT2D eigenvalue weighted by Crippen LogP contribution is -2.22. The van der Waals surface area contributed by atoms with E-state index in [-0.39, 0.29) is 17.9 Å². The van der Waals surface area contributed by atoms with Gasteiger partial charge in [-0.3, -0.25) is 5.10 Å². The molecule has 0 spiro atoms. The van der Waals surface area contributed by atoms with Crippen molar-refractivity contribution in [2.45, 2.75) is 32.9 Å². The molecule has 0 amide bonds. The molecule has 0 saturated heterocycles. The Morgan fingerprint density at radius 1 is 1.22 bits per heavy atom. The van der Waals surface area contributed by atoms with Crippen LogP contribution in [0.25, 0.3) is 0 Å². The molecule has 2 unspecified atom stereocenters. The standard InChI is InChI=1S/C14H18FN3/c1-9-4-5-12(8-13(9)15)10(2)17-11(3)14-6-7-16-18-14/h4-8,10-11,17H,1-3H3,(H,16,18). The number of aromatic amines is 1. The van der Waals surface area contributed by atoms with E-state index in [0.29, 0.717) is 5.56 Å². The first-order valence-electron chi connectivity index (χ1n) is 6.09. The summed E-state index contributed by atoms with van der Waals surface area (Å²) in [6.45, 7) is 5.84. The predicted octanol–water partition coefficient (Wildman–Crippen LogP) is 3.27. The lowest BCUT2D eigenvalue weighted by Gasteiger charge is -2.19.